The van der Waals surface area contributed by atoms with E-state index >= 15 is 0 Å². The third-order valence-corrected chi connectivity index (χ3v) is 4.86. The molecule has 0 bridgehead atoms. The van der Waals surface area contributed by atoms with Crippen LogP contribution in [0.25, 0.3) is 10.9 Å². The van der Waals surface area contributed by atoms with Crippen LogP contribution in [0.5, 0.6) is 0 Å². The Morgan fingerprint density at radius 3 is 2.75 bits per heavy atom. The number of ether oxygens (including phenoxy) is 1. The van der Waals surface area contributed by atoms with Gasteiger partial charge in [-0.1, -0.05) is 25.1 Å². The number of aryl methyl sites for hydroxylation is 1. The highest BCUT2D eigenvalue weighted by atomic mass is 16.5. The molecule has 1 atom stereocenters. The van der Waals surface area contributed by atoms with E-state index in [4.69, 9.17) is 9.72 Å². The first kappa shape index (κ1) is 19.8. The maximum Gasteiger partial charge on any atom is 0.339 e. The zero-order chi connectivity index (χ0) is 20.1. The lowest BCUT2D eigenvalue weighted by atomic mass is 9.84. The number of carbonyl (C=O) groups is 3. The Morgan fingerprint density at radius 2 is 1.96 bits per heavy atom. The molecule has 2 aromatic rings. The lowest BCUT2D eigenvalue weighted by Crippen LogP contribution is -2.38. The SMILES string of the molecule is CCNC(=O)CNC(=O)COC(=O)c1c2c(nc3ccccc13)CC[C@H](C)C2. The molecule has 2 amide bonds. The van der Waals surface area contributed by atoms with Gasteiger partial charge in [0.1, 0.15) is 0 Å². The number of nitrogens with one attached hydrogen (secondary N) is 2. The number of hydrogen-bond acceptors (Lipinski definition) is 5. The number of nitrogens with zero attached hydrogens (tertiary/aromatic N) is 1. The molecule has 3 rings (SSSR count). The summed E-state index contributed by atoms with van der Waals surface area (Å²) in [7, 11) is 0. The Morgan fingerprint density at radius 1 is 1.18 bits per heavy atom. The van der Waals surface area contributed by atoms with Gasteiger partial charge in [0, 0.05) is 17.6 Å². The molecule has 2 N–H and O–H groups in total. The van der Waals surface area contributed by atoms with E-state index in [0.717, 1.165) is 41.4 Å². The molecule has 1 aromatic heterocycles. The Bertz CT molecular complexity index is 910. The molecule has 0 saturated heterocycles. The van der Waals surface area contributed by atoms with E-state index in [-0.39, 0.29) is 12.5 Å². The summed E-state index contributed by atoms with van der Waals surface area (Å²) < 4.78 is 5.28. The summed E-state index contributed by atoms with van der Waals surface area (Å²) in [6, 6.07) is 7.48. The molecule has 1 aromatic carbocycles. The monoisotopic (exact) mass is 383 g/mol. The number of carbonyl (C=O) groups excluding carboxylic acids is 3. The molecule has 1 heterocycles. The Labute approximate surface area is 163 Å². The Kier molecular flexibility index (Phi) is 6.23. The fourth-order valence-electron chi connectivity index (χ4n) is 3.49. The molecular formula is C21H25N3O4. The minimum Gasteiger partial charge on any atom is -0.452 e. The van der Waals surface area contributed by atoms with E-state index in [1.807, 2.05) is 24.3 Å². The lowest BCUT2D eigenvalue weighted by molar-refractivity contribution is -0.127. The predicted octanol–water partition coefficient (Wildman–Crippen LogP) is 1.77. The van der Waals surface area contributed by atoms with Crippen molar-refractivity contribution in [1.29, 1.82) is 0 Å². The van der Waals surface area contributed by atoms with Gasteiger partial charge in [-0.05, 0) is 43.7 Å². The third-order valence-electron chi connectivity index (χ3n) is 4.86. The largest absolute Gasteiger partial charge is 0.452 e. The van der Waals surface area contributed by atoms with Crippen molar-refractivity contribution in [3.63, 3.8) is 0 Å². The van der Waals surface area contributed by atoms with Crippen LogP contribution in [0.2, 0.25) is 0 Å². The molecule has 28 heavy (non-hydrogen) atoms. The van der Waals surface area contributed by atoms with Gasteiger partial charge in [-0.3, -0.25) is 14.6 Å². The van der Waals surface area contributed by atoms with Crippen LogP contribution in [0.15, 0.2) is 24.3 Å². The number of pyridine rings is 1. The summed E-state index contributed by atoms with van der Waals surface area (Å²) in [6.45, 7) is 3.86. The number of likely N-dealkylation sites (N-methyl/N-ethyl adjacent to an activating group) is 1. The standard InChI is InChI=1S/C21H25N3O4/c1-3-22-18(25)11-23-19(26)12-28-21(27)20-14-6-4-5-7-16(14)24-17-9-8-13(2)10-15(17)20/h4-7,13H,3,8-12H2,1-2H3,(H,22,25)(H,23,26)/t13-/m0/s1. The van der Waals surface area contributed by atoms with Gasteiger partial charge < -0.3 is 15.4 Å². The van der Waals surface area contributed by atoms with Crippen LogP contribution in [0, 0.1) is 5.92 Å². The summed E-state index contributed by atoms with van der Waals surface area (Å²) in [5.74, 6) is -0.870. The number of aromatic nitrogens is 1. The van der Waals surface area contributed by atoms with E-state index in [1.54, 1.807) is 6.92 Å². The smallest absolute Gasteiger partial charge is 0.339 e. The maximum atomic E-state index is 12.9. The molecule has 0 radical (unpaired) electrons. The van der Waals surface area contributed by atoms with Crippen LogP contribution in [0.4, 0.5) is 0 Å². The van der Waals surface area contributed by atoms with Crippen molar-refractivity contribution >= 4 is 28.7 Å². The van der Waals surface area contributed by atoms with Gasteiger partial charge >= 0.3 is 5.97 Å². The van der Waals surface area contributed by atoms with Crippen molar-refractivity contribution in [3.8, 4) is 0 Å². The van der Waals surface area contributed by atoms with Crippen LogP contribution in [0.1, 0.15) is 41.9 Å². The predicted molar refractivity (Wildman–Crippen MR) is 105 cm³/mol. The van der Waals surface area contributed by atoms with Crippen LogP contribution in [0.3, 0.4) is 0 Å². The number of benzene rings is 1. The zero-order valence-electron chi connectivity index (χ0n) is 16.2. The Hall–Kier alpha value is -2.96. The van der Waals surface area contributed by atoms with E-state index in [2.05, 4.69) is 17.6 Å². The third kappa shape index (κ3) is 4.47. The molecule has 0 spiro atoms. The van der Waals surface area contributed by atoms with Crippen LogP contribution >= 0.6 is 0 Å². The van der Waals surface area contributed by atoms with Crippen molar-refractivity contribution in [2.45, 2.75) is 33.1 Å². The molecule has 148 valence electrons. The van der Waals surface area contributed by atoms with Crippen molar-refractivity contribution < 1.29 is 19.1 Å². The molecule has 0 aliphatic heterocycles. The molecular weight excluding hydrogens is 358 g/mol. The highest BCUT2D eigenvalue weighted by Gasteiger charge is 2.26. The second kappa shape index (κ2) is 8.82. The van der Waals surface area contributed by atoms with Crippen LogP contribution < -0.4 is 10.6 Å². The topological polar surface area (TPSA) is 97.4 Å². The fourth-order valence-corrected chi connectivity index (χ4v) is 3.49. The van der Waals surface area contributed by atoms with Gasteiger partial charge in [-0.15, -0.1) is 0 Å². The van der Waals surface area contributed by atoms with E-state index in [1.165, 1.54) is 0 Å². The highest BCUT2D eigenvalue weighted by molar-refractivity contribution is 6.05. The number of rotatable bonds is 6. The van der Waals surface area contributed by atoms with Crippen molar-refractivity contribution in [3.05, 3.63) is 41.1 Å². The zero-order valence-corrected chi connectivity index (χ0v) is 16.2. The number of amides is 2. The molecule has 1 aliphatic rings. The van der Waals surface area contributed by atoms with Gasteiger partial charge in [0.25, 0.3) is 5.91 Å². The summed E-state index contributed by atoms with van der Waals surface area (Å²) >= 11 is 0. The van der Waals surface area contributed by atoms with Crippen LogP contribution in [-0.2, 0) is 27.2 Å². The lowest BCUT2D eigenvalue weighted by Gasteiger charge is -2.24. The van der Waals surface area contributed by atoms with Crippen molar-refractivity contribution in [2.24, 2.45) is 5.92 Å². The first-order valence-corrected chi connectivity index (χ1v) is 9.60. The number of para-hydroxylation sites is 1. The summed E-state index contributed by atoms with van der Waals surface area (Å²) in [6.07, 6.45) is 2.63. The van der Waals surface area contributed by atoms with E-state index < -0.39 is 18.5 Å². The molecule has 0 saturated carbocycles. The fraction of sp³-hybridized carbons (Fsp3) is 0.429. The summed E-state index contributed by atoms with van der Waals surface area (Å²) in [5.41, 5.74) is 3.11. The molecule has 7 heteroatoms. The van der Waals surface area contributed by atoms with Gasteiger partial charge in [0.2, 0.25) is 5.91 Å². The average Bonchev–Trinajstić information content (AvgIpc) is 2.69. The highest BCUT2D eigenvalue weighted by Crippen LogP contribution is 2.31. The summed E-state index contributed by atoms with van der Waals surface area (Å²) in [4.78, 5) is 40.9. The Balaban J connectivity index is 1.77. The van der Waals surface area contributed by atoms with E-state index in [9.17, 15) is 14.4 Å². The van der Waals surface area contributed by atoms with Gasteiger partial charge in [0.05, 0.1) is 17.6 Å². The first-order valence-electron chi connectivity index (χ1n) is 9.60. The van der Waals surface area contributed by atoms with Gasteiger partial charge in [-0.25, -0.2) is 4.79 Å². The molecule has 1 aliphatic carbocycles. The van der Waals surface area contributed by atoms with Crippen molar-refractivity contribution in [2.75, 3.05) is 19.7 Å². The minimum absolute atomic E-state index is 0.144. The average molecular weight is 383 g/mol. The number of fused-ring (bicyclic) bond motifs is 2. The van der Waals surface area contributed by atoms with Gasteiger partial charge in [-0.2, -0.15) is 0 Å². The quantitative estimate of drug-likeness (QED) is 0.741. The number of hydrogen-bond donors (Lipinski definition) is 2. The summed E-state index contributed by atoms with van der Waals surface area (Å²) in [5, 5.41) is 5.76. The normalized spacial score (nSPS) is 15.6. The molecule has 0 unspecified atom stereocenters. The van der Waals surface area contributed by atoms with Gasteiger partial charge in [0.15, 0.2) is 6.61 Å². The van der Waals surface area contributed by atoms with E-state index in [0.29, 0.717) is 18.0 Å². The molecule has 7 nitrogen and oxygen atoms in total. The second-order valence-corrected chi connectivity index (χ2v) is 7.08. The van der Waals surface area contributed by atoms with Crippen molar-refractivity contribution in [1.82, 2.24) is 15.6 Å². The number of esters is 1. The van der Waals surface area contributed by atoms with Crippen LogP contribution in [-0.4, -0.2) is 42.5 Å². The second-order valence-electron chi connectivity index (χ2n) is 7.08. The molecule has 0 fully saturated rings. The first-order chi connectivity index (χ1) is 13.5. The minimum atomic E-state index is -0.530. The maximum absolute atomic E-state index is 12.9.